The van der Waals surface area contributed by atoms with Crippen LogP contribution in [0.4, 0.5) is 0 Å². The maximum Gasteiger partial charge on any atom is 0.161 e. The summed E-state index contributed by atoms with van der Waals surface area (Å²) in [6, 6.07) is 15.2. The van der Waals surface area contributed by atoms with Gasteiger partial charge in [0, 0.05) is 17.3 Å². The normalized spacial score (nSPS) is 10.4. The Morgan fingerprint density at radius 2 is 1.79 bits per heavy atom. The number of hydrogen-bond donors (Lipinski definition) is 0. The molecule has 0 aliphatic heterocycles. The molecule has 6 heteroatoms. The first kappa shape index (κ1) is 15.7. The first-order chi connectivity index (χ1) is 11.8. The van der Waals surface area contributed by atoms with E-state index in [0.717, 1.165) is 16.8 Å². The fraction of sp³-hybridized carbons (Fsp3) is 0.167. The van der Waals surface area contributed by atoms with E-state index in [4.69, 9.17) is 9.47 Å². The third kappa shape index (κ3) is 2.99. The van der Waals surface area contributed by atoms with Crippen LogP contribution in [0.25, 0.3) is 16.9 Å². The summed E-state index contributed by atoms with van der Waals surface area (Å²) < 4.78 is 12.3. The maximum absolute atomic E-state index is 10.8. The molecule has 3 aromatic rings. The molecule has 0 saturated heterocycles. The van der Waals surface area contributed by atoms with E-state index in [1.807, 2.05) is 54.7 Å². The summed E-state index contributed by atoms with van der Waals surface area (Å²) >= 11 is 0. The van der Waals surface area contributed by atoms with Gasteiger partial charge in [-0.1, -0.05) is 23.4 Å². The van der Waals surface area contributed by atoms with Gasteiger partial charge in [-0.25, -0.2) is 4.68 Å². The summed E-state index contributed by atoms with van der Waals surface area (Å²) in [6.45, 7) is 0.0521. The number of hydrogen-bond acceptors (Lipinski definition) is 5. The van der Waals surface area contributed by atoms with Crippen LogP contribution in [-0.2, 0) is 6.54 Å². The molecule has 2 aromatic carbocycles. The van der Waals surface area contributed by atoms with Crippen LogP contribution < -0.4 is 9.47 Å². The molecule has 0 spiro atoms. The summed E-state index contributed by atoms with van der Waals surface area (Å²) in [5.41, 5.74) is 3.19. The molecular weight excluding hydrogens is 306 g/mol. The maximum atomic E-state index is 10.8. The number of ether oxygens (including phenoxy) is 2. The van der Waals surface area contributed by atoms with Crippen molar-refractivity contribution in [2.75, 3.05) is 14.2 Å². The molecule has 0 aliphatic carbocycles. The Balaban J connectivity index is 2.09. The summed E-state index contributed by atoms with van der Waals surface area (Å²) in [6.07, 6.45) is 1.82. The molecule has 0 atom stereocenters. The zero-order valence-electron chi connectivity index (χ0n) is 13.5. The van der Waals surface area contributed by atoms with Gasteiger partial charge < -0.3 is 9.47 Å². The van der Waals surface area contributed by atoms with E-state index < -0.39 is 0 Å². The minimum Gasteiger partial charge on any atom is -0.493 e. The number of para-hydroxylation sites is 1. The lowest BCUT2D eigenvalue weighted by molar-refractivity contribution is 0.355. The topological polar surface area (TPSA) is 65.7 Å². The van der Waals surface area contributed by atoms with Crippen molar-refractivity contribution in [1.82, 2.24) is 9.78 Å². The molecule has 3 rings (SSSR count). The van der Waals surface area contributed by atoms with Crippen LogP contribution in [0.3, 0.4) is 0 Å². The van der Waals surface area contributed by atoms with Gasteiger partial charge in [-0.15, -0.1) is 0 Å². The van der Waals surface area contributed by atoms with Crippen molar-refractivity contribution in [2.45, 2.75) is 6.54 Å². The molecule has 0 amide bonds. The fourth-order valence-corrected chi connectivity index (χ4v) is 2.53. The number of nitroso groups, excluding NO2 is 1. The van der Waals surface area contributed by atoms with Crippen molar-refractivity contribution >= 4 is 0 Å². The van der Waals surface area contributed by atoms with Gasteiger partial charge in [0.15, 0.2) is 11.5 Å². The van der Waals surface area contributed by atoms with Gasteiger partial charge in [-0.3, -0.25) is 0 Å². The Labute approximate surface area is 139 Å². The number of rotatable bonds is 6. The van der Waals surface area contributed by atoms with Crippen molar-refractivity contribution < 1.29 is 9.47 Å². The van der Waals surface area contributed by atoms with Crippen LogP contribution in [0.15, 0.2) is 59.9 Å². The predicted octanol–water partition coefficient (Wildman–Crippen LogP) is 3.82. The average molecular weight is 323 g/mol. The van der Waals surface area contributed by atoms with E-state index in [9.17, 15) is 4.91 Å². The molecule has 6 nitrogen and oxygen atoms in total. The van der Waals surface area contributed by atoms with E-state index in [1.165, 1.54) is 0 Å². The minimum absolute atomic E-state index is 0.0521. The molecule has 122 valence electrons. The highest BCUT2D eigenvalue weighted by Gasteiger charge is 2.15. The van der Waals surface area contributed by atoms with Crippen LogP contribution in [0.5, 0.6) is 11.5 Å². The van der Waals surface area contributed by atoms with E-state index >= 15 is 0 Å². The summed E-state index contributed by atoms with van der Waals surface area (Å²) in [4.78, 5) is 10.8. The largest absolute Gasteiger partial charge is 0.493 e. The highest BCUT2D eigenvalue weighted by molar-refractivity contribution is 5.67. The van der Waals surface area contributed by atoms with E-state index in [0.29, 0.717) is 17.2 Å². The minimum atomic E-state index is 0.0521. The Morgan fingerprint density at radius 1 is 1.04 bits per heavy atom. The zero-order chi connectivity index (χ0) is 16.9. The third-order valence-corrected chi connectivity index (χ3v) is 3.70. The van der Waals surface area contributed by atoms with Crippen LogP contribution in [0.2, 0.25) is 0 Å². The Kier molecular flexibility index (Phi) is 4.56. The molecule has 0 aliphatic rings. The first-order valence-corrected chi connectivity index (χ1v) is 7.42. The number of nitrogens with zero attached hydrogens (tertiary/aromatic N) is 3. The third-order valence-electron chi connectivity index (χ3n) is 3.70. The standard InChI is InChI=1S/C18H17N3O3/c1-23-16-9-8-13(10-17(16)24-2)18-14(11-19-22)12-21(20-18)15-6-4-3-5-7-15/h3-10,12H,11H2,1-2H3. The molecule has 0 radical (unpaired) electrons. The first-order valence-electron chi connectivity index (χ1n) is 7.42. The molecule has 0 unspecified atom stereocenters. The molecule has 1 heterocycles. The average Bonchev–Trinajstić information content (AvgIpc) is 3.06. The predicted molar refractivity (Wildman–Crippen MR) is 91.6 cm³/mol. The van der Waals surface area contributed by atoms with Gasteiger partial charge in [-0.05, 0) is 30.3 Å². The SMILES string of the molecule is COc1ccc(-c2nn(-c3ccccc3)cc2CN=O)cc1OC. The van der Waals surface area contributed by atoms with Crippen molar-refractivity contribution in [2.24, 2.45) is 5.18 Å². The van der Waals surface area contributed by atoms with Crippen LogP contribution >= 0.6 is 0 Å². The Bertz CT molecular complexity index is 844. The number of benzene rings is 2. The molecule has 0 bridgehead atoms. The van der Waals surface area contributed by atoms with Gasteiger partial charge in [0.25, 0.3) is 0 Å². The second-order valence-corrected chi connectivity index (χ2v) is 5.14. The lowest BCUT2D eigenvalue weighted by Crippen LogP contribution is -1.95. The van der Waals surface area contributed by atoms with E-state index in [2.05, 4.69) is 10.3 Å². The molecule has 1 aromatic heterocycles. The lowest BCUT2D eigenvalue weighted by atomic mass is 10.1. The van der Waals surface area contributed by atoms with Gasteiger partial charge in [0.05, 0.1) is 25.6 Å². The molecule has 0 saturated carbocycles. The van der Waals surface area contributed by atoms with Crippen molar-refractivity contribution in [3.05, 3.63) is 65.2 Å². The monoisotopic (exact) mass is 323 g/mol. The number of methoxy groups -OCH3 is 2. The highest BCUT2D eigenvalue weighted by Crippen LogP contribution is 2.33. The lowest BCUT2D eigenvalue weighted by Gasteiger charge is -2.09. The van der Waals surface area contributed by atoms with Gasteiger partial charge in [0.2, 0.25) is 0 Å². The van der Waals surface area contributed by atoms with Crippen molar-refractivity contribution in [3.8, 4) is 28.4 Å². The molecule has 0 N–H and O–H groups in total. The molecule has 0 fully saturated rings. The van der Waals surface area contributed by atoms with Crippen LogP contribution in [0, 0.1) is 4.91 Å². The Morgan fingerprint density at radius 3 is 2.46 bits per heavy atom. The summed E-state index contributed by atoms with van der Waals surface area (Å²) in [7, 11) is 3.17. The van der Waals surface area contributed by atoms with E-state index in [1.54, 1.807) is 18.9 Å². The van der Waals surface area contributed by atoms with Crippen LogP contribution in [-0.4, -0.2) is 24.0 Å². The summed E-state index contributed by atoms with van der Waals surface area (Å²) in [5.74, 6) is 1.24. The fourth-order valence-electron chi connectivity index (χ4n) is 2.53. The second-order valence-electron chi connectivity index (χ2n) is 5.14. The van der Waals surface area contributed by atoms with E-state index in [-0.39, 0.29) is 6.54 Å². The van der Waals surface area contributed by atoms with Gasteiger partial charge in [0.1, 0.15) is 6.54 Å². The van der Waals surface area contributed by atoms with Crippen molar-refractivity contribution in [3.63, 3.8) is 0 Å². The van der Waals surface area contributed by atoms with Crippen LogP contribution in [0.1, 0.15) is 5.56 Å². The second kappa shape index (κ2) is 6.95. The Hall–Kier alpha value is -3.15. The van der Waals surface area contributed by atoms with Gasteiger partial charge >= 0.3 is 0 Å². The number of aromatic nitrogens is 2. The smallest absolute Gasteiger partial charge is 0.161 e. The van der Waals surface area contributed by atoms with Gasteiger partial charge in [-0.2, -0.15) is 10.0 Å². The molecular formula is C18H17N3O3. The zero-order valence-corrected chi connectivity index (χ0v) is 13.5. The van der Waals surface area contributed by atoms with Crippen molar-refractivity contribution in [1.29, 1.82) is 0 Å². The molecule has 24 heavy (non-hydrogen) atoms. The summed E-state index contributed by atoms with van der Waals surface area (Å²) in [5, 5.41) is 7.64. The quantitative estimate of drug-likeness (QED) is 0.647. The highest BCUT2D eigenvalue weighted by atomic mass is 16.5.